The molecule has 2 rings (SSSR count). The second kappa shape index (κ2) is 6.97. The molecule has 2 nitrogen and oxygen atoms in total. The van der Waals surface area contributed by atoms with Gasteiger partial charge in [0.25, 0.3) is 0 Å². The summed E-state index contributed by atoms with van der Waals surface area (Å²) in [4.78, 5) is 11.5. The lowest BCUT2D eigenvalue weighted by Crippen LogP contribution is -1.61. The van der Waals surface area contributed by atoms with Crippen LogP contribution in [0.2, 0.25) is 0 Å². The number of carbonyl (C=O) groups excluding carboxylic acids is 1. The minimum absolute atomic E-state index is 0.747. The molecule has 0 saturated carbocycles. The Morgan fingerprint density at radius 2 is 1.75 bits per heavy atom. The highest BCUT2D eigenvalue weighted by atomic mass is 79.9. The number of halogens is 2. The van der Waals surface area contributed by atoms with Crippen molar-refractivity contribution in [3.8, 4) is 6.07 Å². The Kier molecular flexibility index (Phi) is 5.91. The summed E-state index contributed by atoms with van der Waals surface area (Å²) in [5.41, 5.74) is 0. The number of carbonyl (C=O) groups is 1. The zero-order valence-electron chi connectivity index (χ0n) is 7.81. The van der Waals surface area contributed by atoms with Crippen LogP contribution in [0.15, 0.2) is 31.8 Å². The maximum Gasteiger partial charge on any atom is 0.160 e. The second-order valence-electron chi connectivity index (χ2n) is 2.48. The molecule has 0 saturated heterocycles. The molecule has 2 aromatic heterocycles. The SMILES string of the molecule is N#Cc1ccc(Br)s1.O=Cc1ccc(Br)s1. The lowest BCUT2D eigenvalue weighted by molar-refractivity contribution is 0.112. The fraction of sp³-hybridized carbons (Fsp3) is 0. The number of hydrogen-bond donors (Lipinski definition) is 0. The first-order valence-corrected chi connectivity index (χ1v) is 7.23. The molecule has 0 aliphatic heterocycles. The largest absolute Gasteiger partial charge is 0.297 e. The van der Waals surface area contributed by atoms with Crippen molar-refractivity contribution in [3.63, 3.8) is 0 Å². The van der Waals surface area contributed by atoms with Gasteiger partial charge < -0.3 is 0 Å². The molecule has 0 aromatic carbocycles. The Bertz CT molecular complexity index is 513. The summed E-state index contributed by atoms with van der Waals surface area (Å²) in [7, 11) is 0. The monoisotopic (exact) mass is 377 g/mol. The molecule has 6 heteroatoms. The molecule has 0 aliphatic rings. The molecule has 0 spiro atoms. The molecule has 16 heavy (non-hydrogen) atoms. The Labute approximate surface area is 118 Å². The first-order chi connectivity index (χ1) is 7.65. The topological polar surface area (TPSA) is 40.9 Å². The number of rotatable bonds is 1. The molecule has 0 atom stereocenters. The molecule has 82 valence electrons. The van der Waals surface area contributed by atoms with Gasteiger partial charge in [-0.25, -0.2) is 0 Å². The molecular formula is C10H5Br2NOS2. The summed E-state index contributed by atoms with van der Waals surface area (Å²) in [6, 6.07) is 9.32. The van der Waals surface area contributed by atoms with Crippen molar-refractivity contribution < 1.29 is 4.79 Å². The van der Waals surface area contributed by atoms with Crippen molar-refractivity contribution in [2.24, 2.45) is 0 Å². The van der Waals surface area contributed by atoms with Crippen LogP contribution >= 0.6 is 54.5 Å². The summed E-state index contributed by atoms with van der Waals surface area (Å²) >= 11 is 9.35. The average Bonchev–Trinajstić information content (AvgIpc) is 2.88. The van der Waals surface area contributed by atoms with Crippen molar-refractivity contribution in [1.29, 1.82) is 5.26 Å². The third kappa shape index (κ3) is 4.58. The van der Waals surface area contributed by atoms with Gasteiger partial charge in [-0.15, -0.1) is 22.7 Å². The van der Waals surface area contributed by atoms with Crippen LogP contribution in [0.3, 0.4) is 0 Å². The minimum Gasteiger partial charge on any atom is -0.297 e. The van der Waals surface area contributed by atoms with Crippen LogP contribution in [0.4, 0.5) is 0 Å². The number of hydrogen-bond acceptors (Lipinski definition) is 4. The van der Waals surface area contributed by atoms with Crippen LogP contribution in [-0.2, 0) is 0 Å². The van der Waals surface area contributed by atoms with Crippen LogP contribution in [0.5, 0.6) is 0 Å². The van der Waals surface area contributed by atoms with Crippen LogP contribution < -0.4 is 0 Å². The van der Waals surface area contributed by atoms with Crippen LogP contribution in [0.1, 0.15) is 14.5 Å². The number of nitrogens with zero attached hydrogens (tertiary/aromatic N) is 1. The van der Waals surface area contributed by atoms with E-state index in [4.69, 9.17) is 5.26 Å². The predicted molar refractivity (Wildman–Crippen MR) is 74.1 cm³/mol. The van der Waals surface area contributed by atoms with Gasteiger partial charge in [-0.3, -0.25) is 4.79 Å². The Morgan fingerprint density at radius 1 is 1.12 bits per heavy atom. The predicted octanol–water partition coefficient (Wildman–Crippen LogP) is 4.71. The van der Waals surface area contributed by atoms with E-state index in [1.807, 2.05) is 18.2 Å². The zero-order chi connectivity index (χ0) is 12.0. The van der Waals surface area contributed by atoms with Gasteiger partial charge in [0.15, 0.2) is 6.29 Å². The van der Waals surface area contributed by atoms with E-state index in [1.54, 1.807) is 12.1 Å². The maximum absolute atomic E-state index is 10.0. The van der Waals surface area contributed by atoms with Crippen LogP contribution in [-0.4, -0.2) is 6.29 Å². The van der Waals surface area contributed by atoms with E-state index in [9.17, 15) is 4.79 Å². The van der Waals surface area contributed by atoms with E-state index in [-0.39, 0.29) is 0 Å². The van der Waals surface area contributed by atoms with Crippen molar-refractivity contribution in [2.45, 2.75) is 0 Å². The van der Waals surface area contributed by atoms with Crippen molar-refractivity contribution >= 4 is 60.8 Å². The molecule has 2 heterocycles. The van der Waals surface area contributed by atoms with E-state index in [0.717, 1.165) is 23.6 Å². The molecular weight excluding hydrogens is 374 g/mol. The first kappa shape index (κ1) is 13.6. The summed E-state index contributed by atoms with van der Waals surface area (Å²) in [5.74, 6) is 0. The van der Waals surface area contributed by atoms with E-state index in [0.29, 0.717) is 0 Å². The van der Waals surface area contributed by atoms with Crippen LogP contribution in [0.25, 0.3) is 0 Å². The summed E-state index contributed by atoms with van der Waals surface area (Å²) in [5, 5.41) is 8.29. The Hall–Kier alpha value is -0.480. The van der Waals surface area contributed by atoms with E-state index in [2.05, 4.69) is 31.9 Å². The molecule has 0 fully saturated rings. The Balaban J connectivity index is 0.000000160. The number of nitriles is 1. The molecule has 0 unspecified atom stereocenters. The third-order valence-corrected chi connectivity index (χ3v) is 4.47. The van der Waals surface area contributed by atoms with E-state index >= 15 is 0 Å². The maximum atomic E-state index is 10.0. The minimum atomic E-state index is 0.747. The fourth-order valence-electron chi connectivity index (χ4n) is 0.766. The van der Waals surface area contributed by atoms with Crippen molar-refractivity contribution in [3.05, 3.63) is 41.6 Å². The summed E-state index contributed by atoms with van der Waals surface area (Å²) in [6.45, 7) is 0. The highest BCUT2D eigenvalue weighted by Crippen LogP contribution is 2.20. The van der Waals surface area contributed by atoms with E-state index < -0.39 is 0 Å². The molecule has 0 amide bonds. The van der Waals surface area contributed by atoms with E-state index in [1.165, 1.54) is 22.7 Å². The lowest BCUT2D eigenvalue weighted by atomic mass is 10.5. The molecule has 0 bridgehead atoms. The zero-order valence-corrected chi connectivity index (χ0v) is 12.6. The highest BCUT2D eigenvalue weighted by molar-refractivity contribution is 9.11. The average molecular weight is 379 g/mol. The van der Waals surface area contributed by atoms with Gasteiger partial charge in [-0.2, -0.15) is 5.26 Å². The van der Waals surface area contributed by atoms with Crippen molar-refractivity contribution in [1.82, 2.24) is 0 Å². The second-order valence-corrected chi connectivity index (χ2v) is 7.43. The van der Waals surface area contributed by atoms with Gasteiger partial charge in [0.2, 0.25) is 0 Å². The molecule has 2 aromatic rings. The first-order valence-electron chi connectivity index (χ1n) is 4.01. The fourth-order valence-corrected chi connectivity index (χ4v) is 3.19. The number of thiophene rings is 2. The summed E-state index contributed by atoms with van der Waals surface area (Å²) in [6.07, 6.45) is 0.843. The van der Waals surface area contributed by atoms with Gasteiger partial charge in [0.05, 0.1) is 12.4 Å². The molecule has 0 radical (unpaired) electrons. The van der Waals surface area contributed by atoms with Gasteiger partial charge >= 0.3 is 0 Å². The lowest BCUT2D eigenvalue weighted by Gasteiger charge is -1.69. The smallest absolute Gasteiger partial charge is 0.160 e. The summed E-state index contributed by atoms with van der Waals surface area (Å²) < 4.78 is 2.01. The van der Waals surface area contributed by atoms with Gasteiger partial charge in [0.1, 0.15) is 10.9 Å². The number of aldehydes is 1. The molecule has 0 aliphatic carbocycles. The van der Waals surface area contributed by atoms with Crippen LogP contribution in [0, 0.1) is 11.3 Å². The normalized spacial score (nSPS) is 8.81. The standard InChI is InChI=1S/C5H2BrNS.C5H3BrOS/c2*6-5-2-1-4(3-7)8-5/h1-2H;1-3H. The molecule has 0 N–H and O–H groups in total. The quantitative estimate of drug-likeness (QED) is 0.674. The van der Waals surface area contributed by atoms with Gasteiger partial charge in [-0.05, 0) is 56.1 Å². The van der Waals surface area contributed by atoms with Gasteiger partial charge in [0, 0.05) is 0 Å². The van der Waals surface area contributed by atoms with Gasteiger partial charge in [-0.1, -0.05) is 0 Å². The van der Waals surface area contributed by atoms with Crippen molar-refractivity contribution in [2.75, 3.05) is 0 Å². The highest BCUT2D eigenvalue weighted by Gasteiger charge is 1.92. The Morgan fingerprint density at radius 3 is 2.00 bits per heavy atom. The third-order valence-electron chi connectivity index (χ3n) is 1.39.